The van der Waals surface area contributed by atoms with Crippen molar-refractivity contribution in [3.63, 3.8) is 0 Å². The molecule has 3 aromatic rings. The number of aromatic carboxylic acids is 1. The molecule has 5 N–H and O–H groups in total. The second-order valence-electron chi connectivity index (χ2n) is 9.77. The van der Waals surface area contributed by atoms with E-state index in [1.807, 2.05) is 0 Å². The maximum absolute atomic E-state index is 12.4. The number of hydrogen-bond acceptors (Lipinski definition) is 10. The van der Waals surface area contributed by atoms with Crippen LogP contribution in [0.1, 0.15) is 46.9 Å². The fourth-order valence-electron chi connectivity index (χ4n) is 4.38. The van der Waals surface area contributed by atoms with E-state index in [1.165, 1.54) is 25.5 Å². The first-order valence-corrected chi connectivity index (χ1v) is 14.0. The topological polar surface area (TPSA) is 177 Å². The molecule has 1 aliphatic heterocycles. The largest absolute Gasteiger partial charge is 0.490 e. The number of esters is 1. The third-order valence-electron chi connectivity index (χ3n) is 6.60. The number of amides is 2. The number of nitrogens with zero attached hydrogens (tertiary/aromatic N) is 1. The monoisotopic (exact) mass is 618 g/mol. The van der Waals surface area contributed by atoms with E-state index >= 15 is 0 Å². The summed E-state index contributed by atoms with van der Waals surface area (Å²) in [4.78, 5) is 35.5. The Morgan fingerprint density at radius 1 is 1.02 bits per heavy atom. The number of aliphatic hydroxyl groups is 1. The predicted octanol–water partition coefficient (Wildman–Crippen LogP) is 3.48. The smallest absolute Gasteiger partial charge is 0.337 e. The molecule has 0 bridgehead atoms. The SMILES string of the molecule is CCOc1cc([C@@H]2NC(=O)NC(C)=C2C(=O)OC)ccc1OC[C@H](O)N/N=C\c1ccc(OCc2ccc(C(=O)O)cc2)cc1. The van der Waals surface area contributed by atoms with Gasteiger partial charge in [0.25, 0.3) is 0 Å². The second-order valence-corrected chi connectivity index (χ2v) is 9.77. The Hall–Kier alpha value is -5.56. The Morgan fingerprint density at radius 3 is 2.42 bits per heavy atom. The van der Waals surface area contributed by atoms with Crippen molar-refractivity contribution in [1.82, 2.24) is 16.1 Å². The van der Waals surface area contributed by atoms with Gasteiger partial charge in [0.15, 0.2) is 17.7 Å². The number of carboxylic acids is 1. The van der Waals surface area contributed by atoms with Gasteiger partial charge in [0.2, 0.25) is 0 Å². The van der Waals surface area contributed by atoms with Crippen LogP contribution >= 0.6 is 0 Å². The molecule has 2 atom stereocenters. The molecule has 0 aromatic heterocycles. The third-order valence-corrected chi connectivity index (χ3v) is 6.60. The number of benzene rings is 3. The van der Waals surface area contributed by atoms with Crippen molar-refractivity contribution < 1.29 is 43.5 Å². The number of methoxy groups -OCH3 is 1. The number of allylic oxidation sites excluding steroid dienone is 1. The Morgan fingerprint density at radius 2 is 1.76 bits per heavy atom. The van der Waals surface area contributed by atoms with Crippen LogP contribution in [0, 0.1) is 0 Å². The molecule has 3 aromatic carbocycles. The van der Waals surface area contributed by atoms with Crippen LogP contribution in [0.3, 0.4) is 0 Å². The predicted molar refractivity (Wildman–Crippen MR) is 163 cm³/mol. The zero-order chi connectivity index (χ0) is 32.3. The summed E-state index contributed by atoms with van der Waals surface area (Å²) < 4.78 is 22.2. The lowest BCUT2D eigenvalue weighted by atomic mass is 9.95. The molecule has 4 rings (SSSR count). The third kappa shape index (κ3) is 8.74. The number of urea groups is 1. The van der Waals surface area contributed by atoms with E-state index in [4.69, 9.17) is 24.1 Å². The van der Waals surface area contributed by atoms with Crippen molar-refractivity contribution in [3.8, 4) is 17.2 Å². The van der Waals surface area contributed by atoms with E-state index in [0.29, 0.717) is 35.1 Å². The van der Waals surface area contributed by atoms with Crippen LogP contribution in [0.2, 0.25) is 0 Å². The summed E-state index contributed by atoms with van der Waals surface area (Å²) >= 11 is 0. The number of ether oxygens (including phenoxy) is 4. The average molecular weight is 619 g/mol. The first-order valence-electron chi connectivity index (χ1n) is 14.0. The maximum Gasteiger partial charge on any atom is 0.337 e. The second kappa shape index (κ2) is 15.3. The molecule has 13 nitrogen and oxygen atoms in total. The number of aliphatic hydroxyl groups excluding tert-OH is 1. The number of carbonyl (C=O) groups is 3. The fourth-order valence-corrected chi connectivity index (χ4v) is 4.38. The van der Waals surface area contributed by atoms with Crippen molar-refractivity contribution in [2.24, 2.45) is 5.10 Å². The highest BCUT2D eigenvalue weighted by molar-refractivity contribution is 5.95. The summed E-state index contributed by atoms with van der Waals surface area (Å²) in [5.41, 5.74) is 5.63. The van der Waals surface area contributed by atoms with Crippen molar-refractivity contribution in [1.29, 1.82) is 0 Å². The Balaban J connectivity index is 1.30. The minimum absolute atomic E-state index is 0.159. The first kappa shape index (κ1) is 32.4. The van der Waals surface area contributed by atoms with Crippen LogP contribution in [0.15, 0.2) is 83.1 Å². The molecule has 0 saturated carbocycles. The summed E-state index contributed by atoms with van der Waals surface area (Å²) in [5, 5.41) is 28.7. The quantitative estimate of drug-likeness (QED) is 0.0778. The number of carboxylic acid groups (broad SMARTS) is 1. The van der Waals surface area contributed by atoms with Gasteiger partial charge in [-0.2, -0.15) is 5.10 Å². The van der Waals surface area contributed by atoms with Gasteiger partial charge >= 0.3 is 18.0 Å². The molecule has 13 heteroatoms. The normalized spacial score (nSPS) is 15.1. The van der Waals surface area contributed by atoms with Crippen molar-refractivity contribution in [3.05, 3.63) is 100 Å². The average Bonchev–Trinajstić information content (AvgIpc) is 3.03. The lowest BCUT2D eigenvalue weighted by Gasteiger charge is -2.28. The van der Waals surface area contributed by atoms with E-state index in [2.05, 4.69) is 21.2 Å². The molecule has 45 heavy (non-hydrogen) atoms. The number of carbonyl (C=O) groups excluding carboxylic acids is 2. The van der Waals surface area contributed by atoms with Crippen LogP contribution < -0.4 is 30.3 Å². The number of rotatable bonds is 14. The van der Waals surface area contributed by atoms with Gasteiger partial charge in [-0.15, -0.1) is 0 Å². The number of hydrogen-bond donors (Lipinski definition) is 5. The molecule has 0 fully saturated rings. The van der Waals surface area contributed by atoms with Gasteiger partial charge in [-0.25, -0.2) is 14.4 Å². The highest BCUT2D eigenvalue weighted by Crippen LogP contribution is 2.35. The fraction of sp³-hybridized carbons (Fsp3) is 0.250. The van der Waals surface area contributed by atoms with Crippen LogP contribution in [-0.4, -0.2) is 60.9 Å². The molecule has 2 amide bonds. The van der Waals surface area contributed by atoms with Gasteiger partial charge < -0.3 is 39.8 Å². The van der Waals surface area contributed by atoms with Crippen LogP contribution in [0.25, 0.3) is 0 Å². The van der Waals surface area contributed by atoms with Crippen LogP contribution in [-0.2, 0) is 16.1 Å². The summed E-state index contributed by atoms with van der Waals surface area (Å²) in [6, 6.07) is 17.3. The summed E-state index contributed by atoms with van der Waals surface area (Å²) in [6.45, 7) is 3.88. The van der Waals surface area contributed by atoms with Gasteiger partial charge in [0, 0.05) is 5.70 Å². The minimum Gasteiger partial charge on any atom is -0.490 e. The first-order chi connectivity index (χ1) is 21.7. The lowest BCUT2D eigenvalue weighted by Crippen LogP contribution is -2.45. The standard InChI is InChI=1S/C32H34N4O9/c1-4-43-26-15-23(29-28(31(40)42-3)19(2)34-32(41)35-29)11-14-25(26)45-18-27(37)36-33-16-20-7-12-24(13-8-20)44-17-21-5-9-22(10-6-21)30(38)39/h5-16,27,29,36-37H,4,17-18H2,1-3H3,(H,38,39)(H2,34,35,41)/b33-16-/t27-,29-/m0/s1. The molecule has 0 saturated heterocycles. The van der Waals surface area contributed by atoms with E-state index in [1.54, 1.807) is 68.4 Å². The van der Waals surface area contributed by atoms with E-state index in [9.17, 15) is 19.5 Å². The molecule has 0 unspecified atom stereocenters. The number of nitrogens with one attached hydrogen (secondary N) is 3. The zero-order valence-corrected chi connectivity index (χ0v) is 24.9. The molecular weight excluding hydrogens is 584 g/mol. The van der Waals surface area contributed by atoms with Gasteiger partial charge in [-0.3, -0.25) is 5.43 Å². The van der Waals surface area contributed by atoms with Crippen molar-refractivity contribution >= 4 is 24.2 Å². The maximum atomic E-state index is 12.4. The molecule has 236 valence electrons. The molecule has 1 aliphatic rings. The molecule has 0 aliphatic carbocycles. The van der Waals surface area contributed by atoms with Gasteiger partial charge in [0.1, 0.15) is 19.0 Å². The van der Waals surface area contributed by atoms with Crippen molar-refractivity contribution in [2.45, 2.75) is 32.7 Å². The Bertz CT molecular complexity index is 1570. The van der Waals surface area contributed by atoms with E-state index in [0.717, 1.165) is 11.1 Å². The molecule has 0 radical (unpaired) electrons. The van der Waals surface area contributed by atoms with Gasteiger partial charge in [-0.1, -0.05) is 18.2 Å². The number of hydrazone groups is 1. The lowest BCUT2D eigenvalue weighted by molar-refractivity contribution is -0.136. The minimum atomic E-state index is -1.15. The van der Waals surface area contributed by atoms with Gasteiger partial charge in [-0.05, 0) is 79.1 Å². The Kier molecular flexibility index (Phi) is 11.0. The molecular formula is C32H34N4O9. The molecule has 0 spiro atoms. The summed E-state index contributed by atoms with van der Waals surface area (Å²) in [7, 11) is 1.27. The molecule has 1 heterocycles. The van der Waals surface area contributed by atoms with Crippen LogP contribution in [0.5, 0.6) is 17.2 Å². The zero-order valence-electron chi connectivity index (χ0n) is 24.9. The van der Waals surface area contributed by atoms with Crippen molar-refractivity contribution in [2.75, 3.05) is 20.3 Å². The highest BCUT2D eigenvalue weighted by Gasteiger charge is 2.32. The van der Waals surface area contributed by atoms with E-state index in [-0.39, 0.29) is 24.4 Å². The Labute approximate surface area is 259 Å². The summed E-state index contributed by atoms with van der Waals surface area (Å²) in [6.07, 6.45) is 0.380. The summed E-state index contributed by atoms with van der Waals surface area (Å²) in [5.74, 6) is -0.224. The van der Waals surface area contributed by atoms with E-state index < -0.39 is 30.2 Å². The van der Waals surface area contributed by atoms with Gasteiger partial charge in [0.05, 0.1) is 37.1 Å². The highest BCUT2D eigenvalue weighted by atomic mass is 16.5. The van der Waals surface area contributed by atoms with Crippen LogP contribution in [0.4, 0.5) is 4.79 Å².